The van der Waals surface area contributed by atoms with E-state index in [-0.39, 0.29) is 30.7 Å². The number of fused-ring (bicyclic) bond motifs is 1. The number of halogens is 2. The van der Waals surface area contributed by atoms with E-state index >= 15 is 0 Å². The summed E-state index contributed by atoms with van der Waals surface area (Å²) in [5.74, 6) is 0.446. The van der Waals surface area contributed by atoms with E-state index in [1.54, 1.807) is 36.6 Å². The van der Waals surface area contributed by atoms with Crippen LogP contribution in [0.1, 0.15) is 23.5 Å². The second kappa shape index (κ2) is 9.98. The highest BCUT2D eigenvalue weighted by molar-refractivity contribution is 7.29. The molecule has 0 radical (unpaired) electrons. The number of nitrogens with zero attached hydrogens (tertiary/aromatic N) is 2. The molecule has 27 heavy (non-hydrogen) atoms. The molecule has 0 aliphatic rings. The van der Waals surface area contributed by atoms with E-state index in [4.69, 9.17) is 10.5 Å². The standard InChI is InChI=1S/C17H20N4O2S2.2ClH/c1-4-21(5-2)17-20-16-14(25-17)9-13(24-16)15(22)19-12-8-10(23-3)6-7-11(12)18;;/h6-9H,4-5,18H2,1-3H3,(H,19,22);2*1H. The second-order valence-electron chi connectivity index (χ2n) is 5.36. The molecule has 0 spiro atoms. The Hall–Kier alpha value is -1.74. The van der Waals surface area contributed by atoms with Gasteiger partial charge in [-0.3, -0.25) is 4.79 Å². The lowest BCUT2D eigenvalue weighted by Gasteiger charge is -2.16. The first-order valence-electron chi connectivity index (χ1n) is 7.95. The van der Waals surface area contributed by atoms with Crippen LogP contribution < -0.4 is 20.7 Å². The highest BCUT2D eigenvalue weighted by atomic mass is 35.5. The van der Waals surface area contributed by atoms with Gasteiger partial charge in [-0.25, -0.2) is 4.98 Å². The molecule has 148 valence electrons. The van der Waals surface area contributed by atoms with Crippen LogP contribution in [-0.2, 0) is 0 Å². The fourth-order valence-electron chi connectivity index (χ4n) is 2.42. The number of anilines is 3. The molecule has 0 aliphatic heterocycles. The third-order valence-electron chi connectivity index (χ3n) is 3.84. The highest BCUT2D eigenvalue weighted by Gasteiger charge is 2.17. The van der Waals surface area contributed by atoms with Gasteiger partial charge >= 0.3 is 0 Å². The summed E-state index contributed by atoms with van der Waals surface area (Å²) in [6, 6.07) is 7.06. The Morgan fingerprint density at radius 2 is 1.93 bits per heavy atom. The van der Waals surface area contributed by atoms with Crippen LogP contribution in [0.2, 0.25) is 0 Å². The van der Waals surface area contributed by atoms with Crippen LogP contribution in [-0.4, -0.2) is 31.1 Å². The van der Waals surface area contributed by atoms with Gasteiger partial charge in [-0.15, -0.1) is 36.2 Å². The summed E-state index contributed by atoms with van der Waals surface area (Å²) < 4.78 is 6.20. The van der Waals surface area contributed by atoms with Gasteiger partial charge in [0.05, 0.1) is 28.1 Å². The van der Waals surface area contributed by atoms with Crippen molar-refractivity contribution in [2.45, 2.75) is 13.8 Å². The van der Waals surface area contributed by atoms with Crippen molar-refractivity contribution >= 4 is 79.4 Å². The van der Waals surface area contributed by atoms with Crippen molar-refractivity contribution in [3.8, 4) is 5.75 Å². The molecule has 10 heteroatoms. The summed E-state index contributed by atoms with van der Waals surface area (Å²) >= 11 is 3.00. The normalized spacial score (nSPS) is 10.0. The lowest BCUT2D eigenvalue weighted by Crippen LogP contribution is -2.21. The Balaban J connectivity index is 0.00000182. The Bertz CT molecular complexity index is 878. The number of aromatic nitrogens is 1. The Labute approximate surface area is 178 Å². The zero-order valence-electron chi connectivity index (χ0n) is 15.1. The predicted octanol–water partition coefficient (Wildman–Crippen LogP) is 4.89. The molecule has 0 atom stereocenters. The summed E-state index contributed by atoms with van der Waals surface area (Å²) in [7, 11) is 1.57. The van der Waals surface area contributed by atoms with E-state index in [1.807, 2.05) is 6.07 Å². The van der Waals surface area contributed by atoms with Gasteiger partial charge in [0, 0.05) is 19.2 Å². The maximum absolute atomic E-state index is 12.5. The van der Waals surface area contributed by atoms with Crippen molar-refractivity contribution in [3.63, 3.8) is 0 Å². The Morgan fingerprint density at radius 3 is 2.52 bits per heavy atom. The Kier molecular flexibility index (Phi) is 8.61. The van der Waals surface area contributed by atoms with Crippen LogP contribution in [0, 0.1) is 0 Å². The lowest BCUT2D eigenvalue weighted by atomic mass is 10.2. The number of nitrogen functional groups attached to an aromatic ring is 1. The molecule has 0 unspecified atom stereocenters. The topological polar surface area (TPSA) is 80.5 Å². The quantitative estimate of drug-likeness (QED) is 0.524. The number of carbonyl (C=O) groups is 1. The molecule has 1 aromatic carbocycles. The van der Waals surface area contributed by atoms with Crippen molar-refractivity contribution < 1.29 is 9.53 Å². The average Bonchev–Trinajstić information content (AvgIpc) is 3.17. The van der Waals surface area contributed by atoms with Crippen molar-refractivity contribution in [1.29, 1.82) is 0 Å². The fourth-order valence-corrected chi connectivity index (χ4v) is 4.65. The number of amides is 1. The molecule has 6 nitrogen and oxygen atoms in total. The van der Waals surface area contributed by atoms with Crippen LogP contribution in [0.3, 0.4) is 0 Å². The molecule has 0 saturated carbocycles. The predicted molar refractivity (Wildman–Crippen MR) is 121 cm³/mol. The molecule has 0 fully saturated rings. The molecule has 3 aromatic rings. The number of benzene rings is 1. The highest BCUT2D eigenvalue weighted by Crippen LogP contribution is 2.35. The van der Waals surface area contributed by atoms with Crippen LogP contribution in [0.15, 0.2) is 24.3 Å². The number of ether oxygens (including phenoxy) is 1. The van der Waals surface area contributed by atoms with Crippen LogP contribution in [0.4, 0.5) is 16.5 Å². The molecule has 3 N–H and O–H groups in total. The van der Waals surface area contributed by atoms with Crippen LogP contribution in [0.5, 0.6) is 5.75 Å². The van der Waals surface area contributed by atoms with Gasteiger partial charge in [0.25, 0.3) is 5.91 Å². The van der Waals surface area contributed by atoms with Gasteiger partial charge in [-0.05, 0) is 32.0 Å². The largest absolute Gasteiger partial charge is 0.497 e. The van der Waals surface area contributed by atoms with Crippen molar-refractivity contribution in [3.05, 3.63) is 29.1 Å². The summed E-state index contributed by atoms with van der Waals surface area (Å²) in [6.07, 6.45) is 0. The minimum atomic E-state index is -0.195. The third kappa shape index (κ3) is 4.95. The summed E-state index contributed by atoms with van der Waals surface area (Å²) in [5.41, 5.74) is 6.96. The number of hydrogen-bond donors (Lipinski definition) is 2. The third-order valence-corrected chi connectivity index (χ3v) is 6.06. The molecule has 2 heterocycles. The molecular weight excluding hydrogens is 427 g/mol. The first-order valence-corrected chi connectivity index (χ1v) is 9.59. The molecule has 2 aromatic heterocycles. The zero-order valence-corrected chi connectivity index (χ0v) is 18.4. The zero-order chi connectivity index (χ0) is 18.0. The van der Waals surface area contributed by atoms with E-state index in [9.17, 15) is 4.79 Å². The molecular formula is C17H22Cl2N4O2S2. The molecule has 3 rings (SSSR count). The molecule has 0 saturated heterocycles. The van der Waals surface area contributed by atoms with Gasteiger partial charge in [-0.2, -0.15) is 0 Å². The van der Waals surface area contributed by atoms with Gasteiger partial charge in [0.1, 0.15) is 10.6 Å². The lowest BCUT2D eigenvalue weighted by molar-refractivity contribution is 0.103. The first kappa shape index (κ1) is 23.3. The average molecular weight is 449 g/mol. The van der Waals surface area contributed by atoms with Crippen molar-refractivity contribution in [1.82, 2.24) is 4.98 Å². The number of thiazole rings is 1. The Morgan fingerprint density at radius 1 is 1.22 bits per heavy atom. The maximum Gasteiger partial charge on any atom is 0.265 e. The van der Waals surface area contributed by atoms with Crippen molar-refractivity contribution in [2.75, 3.05) is 36.1 Å². The minimum Gasteiger partial charge on any atom is -0.497 e. The number of nitrogens with two attached hydrogens (primary N) is 1. The van der Waals surface area contributed by atoms with Gasteiger partial charge < -0.3 is 20.7 Å². The second-order valence-corrected chi connectivity index (χ2v) is 7.40. The van der Waals surface area contributed by atoms with Gasteiger partial charge in [-0.1, -0.05) is 11.3 Å². The number of nitrogens with one attached hydrogen (secondary N) is 1. The molecule has 1 amide bonds. The summed E-state index contributed by atoms with van der Waals surface area (Å²) in [6.45, 7) is 6.05. The SMILES string of the molecule is CCN(CC)c1nc2sc(C(=O)Nc3cc(OC)ccc3N)cc2s1.Cl.Cl. The summed E-state index contributed by atoms with van der Waals surface area (Å²) in [4.78, 5) is 20.9. The number of rotatable bonds is 6. The minimum absolute atomic E-state index is 0. The maximum atomic E-state index is 12.5. The van der Waals surface area contributed by atoms with E-state index in [0.29, 0.717) is 22.0 Å². The van der Waals surface area contributed by atoms with Crippen LogP contribution in [0.25, 0.3) is 9.53 Å². The number of thiophene rings is 1. The number of carbonyl (C=O) groups excluding carboxylic acids is 1. The smallest absolute Gasteiger partial charge is 0.265 e. The van der Waals surface area contributed by atoms with Gasteiger partial charge in [0.2, 0.25) is 0 Å². The van der Waals surface area contributed by atoms with Gasteiger partial charge in [0.15, 0.2) is 5.13 Å². The molecule has 0 bridgehead atoms. The monoisotopic (exact) mass is 448 g/mol. The number of hydrogen-bond acceptors (Lipinski definition) is 7. The summed E-state index contributed by atoms with van der Waals surface area (Å²) in [5, 5.41) is 3.84. The fraction of sp³-hybridized carbons (Fsp3) is 0.294. The van der Waals surface area contributed by atoms with Crippen LogP contribution >= 0.6 is 47.5 Å². The first-order chi connectivity index (χ1) is 12.0. The van der Waals surface area contributed by atoms with Crippen molar-refractivity contribution in [2.24, 2.45) is 0 Å². The van der Waals surface area contributed by atoms with E-state index < -0.39 is 0 Å². The molecule has 0 aliphatic carbocycles. The van der Waals surface area contributed by atoms with E-state index in [0.717, 1.165) is 27.8 Å². The van der Waals surface area contributed by atoms with E-state index in [1.165, 1.54) is 11.3 Å². The number of methoxy groups -OCH3 is 1. The van der Waals surface area contributed by atoms with E-state index in [2.05, 4.69) is 29.0 Å².